The smallest absolute Gasteiger partial charge is 0.147 e. The van der Waals surface area contributed by atoms with Gasteiger partial charge in [0.15, 0.2) is 0 Å². The van der Waals surface area contributed by atoms with Crippen molar-refractivity contribution in [2.45, 2.75) is 0 Å². The zero-order valence-corrected chi connectivity index (χ0v) is 32.3. The zero-order valence-electron chi connectivity index (χ0n) is 32.3. The van der Waals surface area contributed by atoms with Crippen molar-refractivity contribution in [2.75, 3.05) is 0 Å². The van der Waals surface area contributed by atoms with Gasteiger partial charge in [-0.05, 0) is 77.9 Å². The predicted molar refractivity (Wildman–Crippen MR) is 246 cm³/mol. The Bertz CT molecular complexity index is 3740. The molecule has 0 aliphatic carbocycles. The summed E-state index contributed by atoms with van der Waals surface area (Å²) in [6.45, 7) is 0. The highest BCUT2D eigenvalue weighted by Crippen LogP contribution is 2.49. The fourth-order valence-corrected chi connectivity index (χ4v) is 9.69. The molecule has 0 unspecified atom stereocenters. The Hall–Kier alpha value is -8.35. The summed E-state index contributed by atoms with van der Waals surface area (Å²) in [5.74, 6) is 0.830. The van der Waals surface area contributed by atoms with Crippen molar-refractivity contribution in [3.8, 4) is 39.3 Å². The molecule has 14 aromatic rings. The molecule has 0 atom stereocenters. The summed E-state index contributed by atoms with van der Waals surface area (Å²) in [6, 6.07) is 62.9. The third-order valence-electron chi connectivity index (χ3n) is 12.4. The molecule has 5 aromatic heterocycles. The van der Waals surface area contributed by atoms with Gasteiger partial charge in [0.2, 0.25) is 0 Å². The highest BCUT2D eigenvalue weighted by atomic mass is 16.4. The SMILES string of the molecule is c1ccc(-c2nc3ccccc3n2-c2cc(-c3c4oc5ccccc5c4cc4c3oc3ccccc34)cc(-c3c4oc5ccccc5c4cc4c3oc3ccccc34)c2)cc1. The van der Waals surface area contributed by atoms with Gasteiger partial charge in [-0.2, -0.15) is 0 Å². The van der Waals surface area contributed by atoms with Crippen LogP contribution in [0.3, 0.4) is 0 Å². The number of furan rings is 4. The Labute approximate surface area is 346 Å². The molecule has 0 saturated heterocycles. The maximum Gasteiger partial charge on any atom is 0.147 e. The van der Waals surface area contributed by atoms with Crippen LogP contribution in [0.25, 0.3) is 138 Å². The van der Waals surface area contributed by atoms with Gasteiger partial charge in [0, 0.05) is 54.3 Å². The van der Waals surface area contributed by atoms with Gasteiger partial charge in [-0.3, -0.25) is 4.57 Å². The van der Waals surface area contributed by atoms with Crippen LogP contribution in [-0.2, 0) is 0 Å². The van der Waals surface area contributed by atoms with E-state index in [0.29, 0.717) is 0 Å². The highest BCUT2D eigenvalue weighted by molar-refractivity contribution is 6.24. The average molecular weight is 783 g/mol. The first-order chi connectivity index (χ1) is 30.2. The fraction of sp³-hybridized carbons (Fsp3) is 0. The molecule has 0 saturated carbocycles. The molecule has 9 aromatic carbocycles. The second kappa shape index (κ2) is 12.1. The van der Waals surface area contributed by atoms with E-state index in [4.69, 9.17) is 22.7 Å². The minimum absolute atomic E-state index is 0.755. The van der Waals surface area contributed by atoms with E-state index in [2.05, 4.69) is 126 Å². The van der Waals surface area contributed by atoms with Gasteiger partial charge in [0.05, 0.1) is 22.2 Å². The Kier molecular flexibility index (Phi) is 6.46. The van der Waals surface area contributed by atoms with Gasteiger partial charge in [0.25, 0.3) is 0 Å². The van der Waals surface area contributed by atoms with Gasteiger partial charge in [-0.25, -0.2) is 4.98 Å². The molecule has 5 heterocycles. The second-order valence-electron chi connectivity index (χ2n) is 15.8. The van der Waals surface area contributed by atoms with Crippen LogP contribution < -0.4 is 0 Å². The van der Waals surface area contributed by atoms with E-state index in [1.54, 1.807) is 0 Å². The Morgan fingerprint density at radius 1 is 0.328 bits per heavy atom. The lowest BCUT2D eigenvalue weighted by Crippen LogP contribution is -1.99. The molecule has 0 amide bonds. The van der Waals surface area contributed by atoms with Crippen LogP contribution in [0, 0.1) is 0 Å². The van der Waals surface area contributed by atoms with E-state index < -0.39 is 0 Å². The number of imidazole rings is 1. The Morgan fingerprint density at radius 2 is 0.721 bits per heavy atom. The minimum Gasteiger partial charge on any atom is -0.455 e. The number of nitrogens with zero attached hydrogens (tertiary/aromatic N) is 2. The third kappa shape index (κ3) is 4.58. The van der Waals surface area contributed by atoms with Crippen molar-refractivity contribution in [1.82, 2.24) is 9.55 Å². The first kappa shape index (κ1) is 32.6. The number of aromatic nitrogens is 2. The molecule has 0 fully saturated rings. The number of fused-ring (bicyclic) bond motifs is 13. The van der Waals surface area contributed by atoms with E-state index in [0.717, 1.165) is 138 Å². The minimum atomic E-state index is 0.755. The average Bonchev–Trinajstić information content (AvgIpc) is 4.14. The molecule has 0 bridgehead atoms. The fourth-order valence-electron chi connectivity index (χ4n) is 9.69. The summed E-state index contributed by atoms with van der Waals surface area (Å²) in [7, 11) is 0. The number of hydrogen-bond acceptors (Lipinski definition) is 5. The van der Waals surface area contributed by atoms with Crippen LogP contribution in [0.4, 0.5) is 0 Å². The number of para-hydroxylation sites is 6. The first-order valence-electron chi connectivity index (χ1n) is 20.4. The molecule has 6 nitrogen and oxygen atoms in total. The Morgan fingerprint density at radius 3 is 1.18 bits per heavy atom. The summed E-state index contributed by atoms with van der Waals surface area (Å²) in [5.41, 5.74) is 13.6. The molecule has 284 valence electrons. The normalized spacial score (nSPS) is 12.3. The van der Waals surface area contributed by atoms with Gasteiger partial charge in [-0.1, -0.05) is 115 Å². The summed E-state index contributed by atoms with van der Waals surface area (Å²) < 4.78 is 29.8. The van der Waals surface area contributed by atoms with E-state index in [9.17, 15) is 0 Å². The lowest BCUT2D eigenvalue weighted by molar-refractivity contribution is 0.657. The lowest BCUT2D eigenvalue weighted by Gasteiger charge is -2.15. The first-order valence-corrected chi connectivity index (χ1v) is 20.4. The number of benzene rings is 9. The number of hydrogen-bond donors (Lipinski definition) is 0. The summed E-state index contributed by atoms with van der Waals surface area (Å²) >= 11 is 0. The molecule has 61 heavy (non-hydrogen) atoms. The predicted octanol–water partition coefficient (Wildman–Crippen LogP) is 15.6. The Balaban J connectivity index is 1.19. The maximum absolute atomic E-state index is 6.89. The monoisotopic (exact) mass is 782 g/mol. The van der Waals surface area contributed by atoms with Crippen molar-refractivity contribution in [2.24, 2.45) is 0 Å². The topological polar surface area (TPSA) is 70.4 Å². The van der Waals surface area contributed by atoms with E-state index >= 15 is 0 Å². The van der Waals surface area contributed by atoms with Crippen LogP contribution >= 0.6 is 0 Å². The van der Waals surface area contributed by atoms with Crippen LogP contribution in [-0.4, -0.2) is 9.55 Å². The number of rotatable bonds is 4. The summed E-state index contributed by atoms with van der Waals surface area (Å²) in [4.78, 5) is 5.27. The summed E-state index contributed by atoms with van der Waals surface area (Å²) in [5, 5.41) is 8.27. The molecule has 14 rings (SSSR count). The van der Waals surface area contributed by atoms with Crippen molar-refractivity contribution >= 4 is 98.8 Å². The second-order valence-corrected chi connectivity index (χ2v) is 15.8. The zero-order chi connectivity index (χ0) is 39.8. The van der Waals surface area contributed by atoms with Crippen molar-refractivity contribution in [3.05, 3.63) is 182 Å². The van der Waals surface area contributed by atoms with Crippen LogP contribution in [0.15, 0.2) is 200 Å². The maximum atomic E-state index is 6.89. The third-order valence-corrected chi connectivity index (χ3v) is 12.4. The van der Waals surface area contributed by atoms with E-state index in [1.807, 2.05) is 60.7 Å². The van der Waals surface area contributed by atoms with Gasteiger partial charge in [0.1, 0.15) is 50.5 Å². The van der Waals surface area contributed by atoms with Gasteiger partial charge < -0.3 is 17.7 Å². The van der Waals surface area contributed by atoms with Crippen LogP contribution in [0.1, 0.15) is 0 Å². The largest absolute Gasteiger partial charge is 0.455 e. The molecule has 0 aliphatic rings. The summed E-state index contributed by atoms with van der Waals surface area (Å²) in [6.07, 6.45) is 0. The van der Waals surface area contributed by atoms with Crippen molar-refractivity contribution in [1.29, 1.82) is 0 Å². The van der Waals surface area contributed by atoms with Crippen LogP contribution in [0.2, 0.25) is 0 Å². The van der Waals surface area contributed by atoms with E-state index in [1.165, 1.54) is 0 Å². The molecule has 0 aliphatic heterocycles. The highest BCUT2D eigenvalue weighted by Gasteiger charge is 2.26. The quantitative estimate of drug-likeness (QED) is 0.178. The molecular weight excluding hydrogens is 753 g/mol. The van der Waals surface area contributed by atoms with Crippen molar-refractivity contribution < 1.29 is 17.7 Å². The lowest BCUT2D eigenvalue weighted by atomic mass is 9.93. The van der Waals surface area contributed by atoms with Crippen LogP contribution in [0.5, 0.6) is 0 Å². The molecule has 0 spiro atoms. The molecule has 0 N–H and O–H groups in total. The standard InChI is InChI=1S/C55H30N2O4/c1-2-14-31(15-3-1)55-56-43-20-8-9-21-44(43)57(55)34-27-32(49-51-39(35-16-4-10-22-45(35)58-51)29-40-36-17-5-11-23-46(36)59-52(40)49)26-33(28-34)50-53-41(37-18-6-12-24-47(37)60-53)30-42-38-19-7-13-25-48(38)61-54(42)50/h1-30H. The molecule has 6 heteroatoms. The van der Waals surface area contributed by atoms with Crippen molar-refractivity contribution in [3.63, 3.8) is 0 Å². The molecule has 0 radical (unpaired) electrons. The van der Waals surface area contributed by atoms with Gasteiger partial charge in [-0.15, -0.1) is 0 Å². The van der Waals surface area contributed by atoms with Gasteiger partial charge >= 0.3 is 0 Å². The van der Waals surface area contributed by atoms with E-state index in [-0.39, 0.29) is 0 Å². The molecular formula is C55H30N2O4.